The first-order chi connectivity index (χ1) is 7.40. The summed E-state index contributed by atoms with van der Waals surface area (Å²) in [7, 11) is 0. The third-order valence-electron chi connectivity index (χ3n) is 2.51. The van der Waals surface area contributed by atoms with Crippen LogP contribution in [0.5, 0.6) is 0 Å². The Morgan fingerprint density at radius 2 is 1.93 bits per heavy atom. The van der Waals surface area contributed by atoms with Crippen LogP contribution >= 0.6 is 15.9 Å². The highest BCUT2D eigenvalue weighted by Gasteiger charge is 2.12. The molecule has 1 unspecified atom stereocenters. The van der Waals surface area contributed by atoms with E-state index in [4.69, 9.17) is 0 Å². The molecule has 0 aliphatic carbocycles. The number of nitrogens with zero attached hydrogens (tertiary/aromatic N) is 1. The van der Waals surface area contributed by atoms with Gasteiger partial charge in [-0.2, -0.15) is 0 Å². The Labute approximate surface area is 99.2 Å². The fourth-order valence-corrected chi connectivity index (χ4v) is 2.27. The molecule has 0 saturated heterocycles. The molecule has 1 aliphatic rings. The van der Waals surface area contributed by atoms with Gasteiger partial charge >= 0.3 is 0 Å². The van der Waals surface area contributed by atoms with E-state index in [1.54, 1.807) is 0 Å². The minimum Gasteiger partial charge on any atom is -0.366 e. The SMILES string of the molecule is BrCC1C=CC=CN1Cc1ccccc1. The van der Waals surface area contributed by atoms with Crippen LogP contribution in [0.15, 0.2) is 54.8 Å². The van der Waals surface area contributed by atoms with Crippen LogP contribution < -0.4 is 0 Å². The van der Waals surface area contributed by atoms with Gasteiger partial charge in [-0.15, -0.1) is 0 Å². The third kappa shape index (κ3) is 2.72. The largest absolute Gasteiger partial charge is 0.366 e. The first-order valence-electron chi connectivity index (χ1n) is 5.11. The van der Waals surface area contributed by atoms with Gasteiger partial charge in [0.1, 0.15) is 0 Å². The summed E-state index contributed by atoms with van der Waals surface area (Å²) in [5.74, 6) is 0. The molecule has 0 spiro atoms. The first kappa shape index (κ1) is 10.5. The van der Waals surface area contributed by atoms with Crippen LogP contribution in [0.4, 0.5) is 0 Å². The second-order valence-electron chi connectivity index (χ2n) is 3.61. The summed E-state index contributed by atoms with van der Waals surface area (Å²) >= 11 is 3.54. The van der Waals surface area contributed by atoms with Crippen molar-refractivity contribution in [2.75, 3.05) is 5.33 Å². The van der Waals surface area contributed by atoms with E-state index in [-0.39, 0.29) is 0 Å². The van der Waals surface area contributed by atoms with E-state index in [1.165, 1.54) is 5.56 Å². The van der Waals surface area contributed by atoms with E-state index in [9.17, 15) is 0 Å². The molecule has 0 radical (unpaired) electrons. The van der Waals surface area contributed by atoms with Gasteiger partial charge in [-0.05, 0) is 17.8 Å². The Morgan fingerprint density at radius 3 is 2.67 bits per heavy atom. The summed E-state index contributed by atoms with van der Waals surface area (Å²) in [6.07, 6.45) is 8.56. The zero-order valence-electron chi connectivity index (χ0n) is 8.51. The molecule has 15 heavy (non-hydrogen) atoms. The van der Waals surface area contributed by atoms with Crippen LogP contribution in [0.1, 0.15) is 5.56 Å². The van der Waals surface area contributed by atoms with Gasteiger partial charge in [-0.25, -0.2) is 0 Å². The van der Waals surface area contributed by atoms with Gasteiger partial charge in [-0.3, -0.25) is 0 Å². The minimum atomic E-state index is 0.468. The third-order valence-corrected chi connectivity index (χ3v) is 3.18. The molecule has 1 aromatic rings. The number of alkyl halides is 1. The second kappa shape index (κ2) is 5.17. The highest BCUT2D eigenvalue weighted by Crippen LogP contribution is 2.14. The van der Waals surface area contributed by atoms with Gasteiger partial charge in [0.25, 0.3) is 0 Å². The molecule has 2 heteroatoms. The molecule has 0 bridgehead atoms. The van der Waals surface area contributed by atoms with Gasteiger partial charge in [0.05, 0.1) is 6.04 Å². The summed E-state index contributed by atoms with van der Waals surface area (Å²) in [5.41, 5.74) is 1.35. The van der Waals surface area contributed by atoms with E-state index in [2.05, 4.69) is 75.6 Å². The lowest BCUT2D eigenvalue weighted by Gasteiger charge is -2.29. The Balaban J connectivity index is 2.05. The van der Waals surface area contributed by atoms with Crippen LogP contribution in [0.25, 0.3) is 0 Å². The molecule has 0 saturated carbocycles. The highest BCUT2D eigenvalue weighted by molar-refractivity contribution is 9.09. The maximum atomic E-state index is 3.54. The summed E-state index contributed by atoms with van der Waals surface area (Å²) in [6.45, 7) is 0.970. The molecule has 0 N–H and O–H groups in total. The van der Waals surface area contributed by atoms with Crippen LogP contribution in [0.2, 0.25) is 0 Å². The van der Waals surface area contributed by atoms with Crippen molar-refractivity contribution in [3.8, 4) is 0 Å². The lowest BCUT2D eigenvalue weighted by molar-refractivity contribution is 0.330. The predicted molar refractivity (Wildman–Crippen MR) is 67.8 cm³/mol. The van der Waals surface area contributed by atoms with E-state index < -0.39 is 0 Å². The van der Waals surface area contributed by atoms with Gasteiger partial charge in [0.2, 0.25) is 0 Å². The van der Waals surface area contributed by atoms with Crippen molar-refractivity contribution in [2.45, 2.75) is 12.6 Å². The molecule has 78 valence electrons. The fourth-order valence-electron chi connectivity index (χ4n) is 1.68. The van der Waals surface area contributed by atoms with Crippen molar-refractivity contribution in [3.05, 3.63) is 60.3 Å². The predicted octanol–water partition coefficient (Wildman–Crippen LogP) is 3.34. The quantitative estimate of drug-likeness (QED) is 0.757. The zero-order chi connectivity index (χ0) is 10.5. The summed E-state index contributed by atoms with van der Waals surface area (Å²) in [5, 5.41) is 0.973. The number of halogens is 1. The van der Waals surface area contributed by atoms with Crippen molar-refractivity contribution >= 4 is 15.9 Å². The van der Waals surface area contributed by atoms with Crippen molar-refractivity contribution in [1.82, 2.24) is 4.90 Å². The Kier molecular flexibility index (Phi) is 3.62. The molecule has 1 atom stereocenters. The summed E-state index contributed by atoms with van der Waals surface area (Å²) in [6, 6.07) is 11.0. The van der Waals surface area contributed by atoms with Crippen molar-refractivity contribution in [3.63, 3.8) is 0 Å². The van der Waals surface area contributed by atoms with Gasteiger partial charge < -0.3 is 4.90 Å². The van der Waals surface area contributed by atoms with E-state index in [0.717, 1.165) is 11.9 Å². The molecular weight excluding hydrogens is 250 g/mol. The average Bonchev–Trinajstić information content (AvgIpc) is 2.31. The van der Waals surface area contributed by atoms with E-state index in [0.29, 0.717) is 6.04 Å². The Hall–Kier alpha value is -1.02. The normalized spacial score (nSPS) is 19.5. The molecule has 0 aromatic heterocycles. The second-order valence-corrected chi connectivity index (χ2v) is 4.25. The Morgan fingerprint density at radius 1 is 1.13 bits per heavy atom. The smallest absolute Gasteiger partial charge is 0.0571 e. The summed E-state index contributed by atoms with van der Waals surface area (Å²) in [4.78, 5) is 2.34. The monoisotopic (exact) mass is 263 g/mol. The molecule has 1 aromatic carbocycles. The van der Waals surface area contributed by atoms with E-state index >= 15 is 0 Å². The molecule has 0 amide bonds. The number of hydrogen-bond donors (Lipinski definition) is 0. The van der Waals surface area contributed by atoms with Crippen LogP contribution in [0, 0.1) is 0 Å². The number of benzene rings is 1. The van der Waals surface area contributed by atoms with Crippen molar-refractivity contribution < 1.29 is 0 Å². The lowest BCUT2D eigenvalue weighted by Crippen LogP contribution is -2.31. The van der Waals surface area contributed by atoms with Gasteiger partial charge in [0, 0.05) is 11.9 Å². The topological polar surface area (TPSA) is 3.24 Å². The number of allylic oxidation sites excluding steroid dienone is 2. The molecule has 0 fully saturated rings. The lowest BCUT2D eigenvalue weighted by atomic mass is 10.1. The van der Waals surface area contributed by atoms with E-state index in [1.807, 2.05) is 0 Å². The van der Waals surface area contributed by atoms with Crippen LogP contribution in [-0.4, -0.2) is 16.3 Å². The molecule has 1 heterocycles. The maximum absolute atomic E-state index is 3.54. The molecule has 1 aliphatic heterocycles. The standard InChI is InChI=1S/C13H14BrN/c14-10-13-8-4-5-9-15(13)11-12-6-2-1-3-7-12/h1-9,13H,10-11H2. The Bertz CT molecular complexity index is 356. The summed E-state index contributed by atoms with van der Waals surface area (Å²) < 4.78 is 0. The van der Waals surface area contributed by atoms with Crippen LogP contribution in [0.3, 0.4) is 0 Å². The average molecular weight is 264 g/mol. The van der Waals surface area contributed by atoms with Gasteiger partial charge in [0.15, 0.2) is 0 Å². The maximum Gasteiger partial charge on any atom is 0.0571 e. The van der Waals surface area contributed by atoms with Gasteiger partial charge in [-0.1, -0.05) is 58.4 Å². The molecular formula is C13H14BrN. The van der Waals surface area contributed by atoms with Crippen molar-refractivity contribution in [2.24, 2.45) is 0 Å². The fraction of sp³-hybridized carbons (Fsp3) is 0.231. The molecule has 1 nitrogen and oxygen atoms in total. The first-order valence-corrected chi connectivity index (χ1v) is 6.23. The number of hydrogen-bond acceptors (Lipinski definition) is 1. The minimum absolute atomic E-state index is 0.468. The highest BCUT2D eigenvalue weighted by atomic mass is 79.9. The van der Waals surface area contributed by atoms with Crippen LogP contribution in [-0.2, 0) is 6.54 Å². The zero-order valence-corrected chi connectivity index (χ0v) is 10.1. The van der Waals surface area contributed by atoms with Crippen molar-refractivity contribution in [1.29, 1.82) is 0 Å². The number of rotatable bonds is 3. The molecule has 2 rings (SSSR count).